The molecule has 3 aromatic carbocycles. The summed E-state index contributed by atoms with van der Waals surface area (Å²) >= 11 is 0. The van der Waals surface area contributed by atoms with E-state index in [1.807, 2.05) is 0 Å². The van der Waals surface area contributed by atoms with Crippen molar-refractivity contribution >= 4 is 43.6 Å². The average molecular weight is 976 g/mol. The van der Waals surface area contributed by atoms with Gasteiger partial charge in [-0.1, -0.05) is 51.4 Å². The minimum absolute atomic E-state index is 0.00881. The van der Waals surface area contributed by atoms with Crippen molar-refractivity contribution in [1.29, 1.82) is 5.26 Å². The number of amides is 3. The molecule has 13 nitrogen and oxygen atoms in total. The first-order valence-electron chi connectivity index (χ1n) is 24.6. The number of hydrogen-bond acceptors (Lipinski definition) is 10. The summed E-state index contributed by atoms with van der Waals surface area (Å²) in [5.41, 5.74) is 0.377. The molecule has 2 aliphatic carbocycles. The molecule has 3 aromatic rings. The number of benzene rings is 3. The lowest BCUT2D eigenvalue weighted by Gasteiger charge is -2.39. The Morgan fingerprint density at radius 2 is 1.35 bits per heavy atom. The molecule has 0 aromatic heterocycles. The molecule has 1 N–H and O–H groups in total. The lowest BCUT2D eigenvalue weighted by Crippen LogP contribution is -2.48. The molecule has 7 rings (SSSR count). The average Bonchev–Trinajstić information content (AvgIpc) is 3.60. The summed E-state index contributed by atoms with van der Waals surface area (Å²) in [7, 11) is -1.32. The summed E-state index contributed by atoms with van der Waals surface area (Å²) in [4.78, 5) is 56.9. The van der Waals surface area contributed by atoms with Crippen molar-refractivity contribution in [3.63, 3.8) is 0 Å². The second-order valence-corrected chi connectivity index (χ2v) is 20.4. The normalized spacial score (nSPS) is 18.6. The van der Waals surface area contributed by atoms with Gasteiger partial charge in [-0.05, 0) is 109 Å². The van der Waals surface area contributed by atoms with Crippen molar-refractivity contribution in [2.24, 2.45) is 0 Å². The first kappa shape index (κ1) is 51.8. The van der Waals surface area contributed by atoms with Gasteiger partial charge in [-0.25, -0.2) is 9.46 Å². The Labute approximate surface area is 404 Å². The molecule has 2 atom stereocenters. The van der Waals surface area contributed by atoms with Crippen LogP contribution in [0, 0.1) is 11.3 Å². The van der Waals surface area contributed by atoms with Crippen molar-refractivity contribution < 1.29 is 50.9 Å². The van der Waals surface area contributed by atoms with Crippen LogP contribution >= 0.6 is 8.53 Å². The number of rotatable bonds is 19. The van der Waals surface area contributed by atoms with Gasteiger partial charge in [-0.15, -0.1) is 0 Å². The maximum Gasteiger partial charge on any atom is 0.471 e. The Morgan fingerprint density at radius 3 is 1.91 bits per heavy atom. The van der Waals surface area contributed by atoms with E-state index in [4.69, 9.17) is 23.8 Å². The van der Waals surface area contributed by atoms with Crippen LogP contribution < -0.4 is 19.9 Å². The number of anilines is 2. The Balaban J connectivity index is 1.15. The molecular weight excluding hydrogens is 911 g/mol. The van der Waals surface area contributed by atoms with Crippen LogP contribution in [-0.2, 0) is 29.0 Å². The third kappa shape index (κ3) is 11.4. The largest absolute Gasteiger partial charge is 0.471 e. The van der Waals surface area contributed by atoms with Crippen LogP contribution in [0.4, 0.5) is 24.5 Å². The molecule has 0 radical (unpaired) electrons. The van der Waals surface area contributed by atoms with Gasteiger partial charge in [-0.2, -0.15) is 18.4 Å². The van der Waals surface area contributed by atoms with Gasteiger partial charge >= 0.3 is 18.1 Å². The molecule has 17 heteroatoms. The van der Waals surface area contributed by atoms with Gasteiger partial charge in [0.25, 0.3) is 14.4 Å². The Morgan fingerprint density at radius 1 is 0.783 bits per heavy atom. The fraction of sp³-hybridized carbons (Fsp3) is 0.558. The fourth-order valence-corrected chi connectivity index (χ4v) is 12.1. The van der Waals surface area contributed by atoms with E-state index < -0.39 is 38.2 Å². The second kappa shape index (κ2) is 22.8. The highest BCUT2D eigenvalue weighted by Gasteiger charge is 2.55. The van der Waals surface area contributed by atoms with Crippen LogP contribution in [0.15, 0.2) is 54.6 Å². The number of nitrogens with one attached hydrogen (secondary N) is 1. The zero-order valence-electron chi connectivity index (χ0n) is 40.4. The summed E-state index contributed by atoms with van der Waals surface area (Å²) in [5.74, 6) is -2.88. The first-order valence-corrected chi connectivity index (χ1v) is 25.7. The Bertz CT molecular complexity index is 2370. The number of alkyl halides is 3. The maximum absolute atomic E-state index is 14.3. The minimum Gasteiger partial charge on any atom is -0.456 e. The van der Waals surface area contributed by atoms with Crippen molar-refractivity contribution in [2.75, 3.05) is 29.6 Å². The van der Waals surface area contributed by atoms with Gasteiger partial charge in [0.2, 0.25) is 5.91 Å². The van der Waals surface area contributed by atoms with Gasteiger partial charge in [0, 0.05) is 83.4 Å². The monoisotopic (exact) mass is 975 g/mol. The number of carbonyl (C=O) groups excluding carboxylic acids is 4. The van der Waals surface area contributed by atoms with E-state index in [1.54, 1.807) is 47.4 Å². The zero-order chi connectivity index (χ0) is 49.5. The predicted octanol–water partition coefficient (Wildman–Crippen LogP) is 11.8. The molecule has 0 saturated heterocycles. The van der Waals surface area contributed by atoms with E-state index >= 15 is 0 Å². The van der Waals surface area contributed by atoms with E-state index in [0.29, 0.717) is 74.2 Å². The van der Waals surface area contributed by atoms with E-state index in [-0.39, 0.29) is 64.7 Å². The van der Waals surface area contributed by atoms with E-state index in [0.717, 1.165) is 62.7 Å². The molecule has 2 fully saturated rings. The number of halogens is 3. The van der Waals surface area contributed by atoms with Crippen molar-refractivity contribution in [1.82, 2.24) is 9.99 Å². The SMILES string of the molecule is CC(=O)N(c1ccc2c(c1)Oc1cc(N(C(=O)C(F)(F)F)C3CCCCC3)ccc1C21OC(=O)c2ccc(C(=O)NCCCCCCOP(OCCC#N)N(C(C)C)C(C)C)cc21)C1CCCCC1. The second-order valence-electron chi connectivity index (χ2n) is 19.0. The number of esters is 1. The van der Waals surface area contributed by atoms with E-state index in [1.165, 1.54) is 19.1 Å². The summed E-state index contributed by atoms with van der Waals surface area (Å²) in [6, 6.07) is 16.1. The highest BCUT2D eigenvalue weighted by molar-refractivity contribution is 7.44. The number of unbranched alkanes of at least 4 members (excludes halogenated alkanes) is 3. The standard InChI is InChI=1S/C52H65F3N5O8P/c1-34(2)60(35(3)4)69(66-30-16-27-56)65-29-15-7-6-14-28-57-48(62)37-21-24-42-45(31-37)51(68-49(42)63)43-25-22-40(58(36(5)61)38-17-10-8-11-18-38)32-46(43)67-47-33-41(23-26-44(47)51)59(50(64)52(53,54)55)39-19-12-9-13-20-39/h21-26,31-35,38-39H,6-20,28-30H2,1-5H3,(H,57,62). The van der Waals surface area contributed by atoms with E-state index in [2.05, 4.69) is 43.8 Å². The summed E-state index contributed by atoms with van der Waals surface area (Å²) in [5, 5.41) is 12.0. The smallest absolute Gasteiger partial charge is 0.456 e. The number of carbonyl (C=O) groups is 4. The van der Waals surface area contributed by atoms with Gasteiger partial charge in [0.15, 0.2) is 5.60 Å². The van der Waals surface area contributed by atoms with Crippen LogP contribution in [0.1, 0.15) is 168 Å². The maximum atomic E-state index is 14.3. The van der Waals surface area contributed by atoms with Crippen molar-refractivity contribution in [3.05, 3.63) is 82.4 Å². The molecule has 2 aliphatic heterocycles. The third-order valence-electron chi connectivity index (χ3n) is 13.5. The number of hydrogen-bond donors (Lipinski definition) is 1. The highest BCUT2D eigenvalue weighted by Crippen LogP contribution is 2.58. The molecule has 69 heavy (non-hydrogen) atoms. The summed E-state index contributed by atoms with van der Waals surface area (Å²) < 4.78 is 70.3. The molecule has 3 amide bonds. The number of fused-ring (bicyclic) bond motifs is 6. The van der Waals surface area contributed by atoms with Crippen LogP contribution in [0.3, 0.4) is 0 Å². The molecular formula is C52H65F3N5O8P. The molecule has 2 unspecified atom stereocenters. The lowest BCUT2D eigenvalue weighted by molar-refractivity contribution is -0.171. The molecule has 372 valence electrons. The molecule has 4 aliphatic rings. The quantitative estimate of drug-likeness (QED) is 0.0698. The molecule has 2 heterocycles. The highest BCUT2D eigenvalue weighted by atomic mass is 31.2. The zero-order valence-corrected chi connectivity index (χ0v) is 41.3. The van der Waals surface area contributed by atoms with Gasteiger partial charge < -0.3 is 33.6 Å². The third-order valence-corrected chi connectivity index (χ3v) is 15.6. The van der Waals surface area contributed by atoms with Crippen molar-refractivity contribution in [3.8, 4) is 17.6 Å². The van der Waals surface area contributed by atoms with Crippen molar-refractivity contribution in [2.45, 2.75) is 167 Å². The molecule has 0 bridgehead atoms. The Kier molecular flexibility index (Phi) is 17.1. The number of ether oxygens (including phenoxy) is 2. The Hall–Kier alpha value is -5.07. The number of nitrogens with zero attached hydrogens (tertiary/aromatic N) is 4. The summed E-state index contributed by atoms with van der Waals surface area (Å²) in [6.07, 6.45) is 6.03. The topological polar surface area (TPSA) is 151 Å². The van der Waals surface area contributed by atoms with Gasteiger partial charge in [0.1, 0.15) is 11.5 Å². The lowest BCUT2D eigenvalue weighted by atomic mass is 9.77. The first-order chi connectivity index (χ1) is 33.1. The van der Waals surface area contributed by atoms with E-state index in [9.17, 15) is 32.3 Å². The predicted molar refractivity (Wildman–Crippen MR) is 257 cm³/mol. The molecule has 1 spiro atoms. The number of nitriles is 1. The van der Waals surface area contributed by atoms with Crippen LogP contribution in [0.25, 0.3) is 0 Å². The van der Waals surface area contributed by atoms with Gasteiger partial charge in [0.05, 0.1) is 31.3 Å². The summed E-state index contributed by atoms with van der Waals surface area (Å²) in [6.45, 7) is 11.1. The van der Waals surface area contributed by atoms with Gasteiger partial charge in [-0.3, -0.25) is 14.4 Å². The van der Waals surface area contributed by atoms with Crippen LogP contribution in [0.2, 0.25) is 0 Å². The fourth-order valence-electron chi connectivity index (χ4n) is 10.4. The van der Waals surface area contributed by atoms with Crippen LogP contribution in [0.5, 0.6) is 11.5 Å². The van der Waals surface area contributed by atoms with Crippen LogP contribution in [-0.4, -0.2) is 78.5 Å². The molecule has 2 saturated carbocycles. The minimum atomic E-state index is -5.14.